The molecule has 0 fully saturated rings. The molecule has 2 rings (SSSR count). The molecule has 0 spiro atoms. The van der Waals surface area contributed by atoms with Gasteiger partial charge in [0.25, 0.3) is 0 Å². The van der Waals surface area contributed by atoms with Gasteiger partial charge in [0.2, 0.25) is 0 Å². The van der Waals surface area contributed by atoms with Gasteiger partial charge in [-0.05, 0) is 24.3 Å². The average Bonchev–Trinajstić information content (AvgIpc) is 2.33. The van der Waals surface area contributed by atoms with Gasteiger partial charge in [-0.15, -0.1) is 0 Å². The minimum absolute atomic E-state index is 0.0275. The van der Waals surface area contributed by atoms with E-state index in [4.69, 9.17) is 5.02 Å². The van der Waals surface area contributed by atoms with Crippen molar-refractivity contribution < 1.29 is 9.41 Å². The van der Waals surface area contributed by atoms with Crippen molar-refractivity contribution in [1.82, 2.24) is 4.98 Å². The van der Waals surface area contributed by atoms with Crippen LogP contribution in [0, 0.1) is 5.82 Å². The summed E-state index contributed by atoms with van der Waals surface area (Å²) in [6.07, 6.45) is 3.50. The van der Waals surface area contributed by atoms with Gasteiger partial charge >= 0.3 is 7.48 Å². The van der Waals surface area contributed by atoms with E-state index in [1.54, 1.807) is 24.5 Å². The summed E-state index contributed by atoms with van der Waals surface area (Å²) < 4.78 is 12.1. The first-order valence-corrected chi connectivity index (χ1v) is 4.53. The fraction of sp³-hybridized carbons (Fsp3) is 0. The van der Waals surface area contributed by atoms with Crippen LogP contribution in [0.5, 0.6) is 0 Å². The van der Waals surface area contributed by atoms with Crippen molar-refractivity contribution in [1.29, 1.82) is 0 Å². The molecule has 15 heavy (non-hydrogen) atoms. The Hall–Kier alpha value is -1.68. The van der Waals surface area contributed by atoms with E-state index < -0.39 is 0 Å². The number of hydrogen-bond donors (Lipinski definition) is 1. The number of halogens is 1. The normalized spacial score (nSPS) is 8.67. The summed E-state index contributed by atoms with van der Waals surface area (Å²) in [5.74, 6) is -0.271. The van der Waals surface area contributed by atoms with Crippen LogP contribution in [0.3, 0.4) is 0 Å². The molecule has 0 unspecified atom stereocenters. The molecule has 1 N–H and O–H groups in total. The van der Waals surface area contributed by atoms with E-state index >= 15 is 0 Å². The Morgan fingerprint density at radius 3 is 1.93 bits per heavy atom. The van der Waals surface area contributed by atoms with Gasteiger partial charge in [0.05, 0.1) is 0 Å². The number of rotatable bonds is 1. The maximum Gasteiger partial charge on any atom is 0.304 e. The zero-order chi connectivity index (χ0) is 10.9. The quantitative estimate of drug-likeness (QED) is 0.697. The van der Waals surface area contributed by atoms with Crippen LogP contribution in [-0.4, -0.2) is 17.5 Å². The molecule has 0 bridgehead atoms. The third-order valence-electron chi connectivity index (χ3n) is 1.66. The van der Waals surface area contributed by atoms with Crippen molar-refractivity contribution in [3.05, 3.63) is 60.7 Å². The molecule has 1 aromatic carbocycles. The molecule has 0 atom stereocenters. The zero-order valence-corrected chi connectivity index (χ0v) is 8.18. The topological polar surface area (TPSA) is 33.1 Å². The molecule has 0 saturated heterocycles. The highest BCUT2D eigenvalue weighted by molar-refractivity contribution is 6.45. The Bertz CT molecular complexity index is 339. The van der Waals surface area contributed by atoms with Gasteiger partial charge in [-0.3, -0.25) is 4.98 Å². The first kappa shape index (κ1) is 11.4. The lowest BCUT2D eigenvalue weighted by Crippen LogP contribution is -2.11. The summed E-state index contributed by atoms with van der Waals surface area (Å²) >= 11 is 0. The first-order chi connectivity index (χ1) is 7.33. The maximum absolute atomic E-state index is 12.1. The Morgan fingerprint density at radius 1 is 1.00 bits per heavy atom. The van der Waals surface area contributed by atoms with E-state index in [0.29, 0.717) is 0 Å². The van der Waals surface area contributed by atoms with Crippen molar-refractivity contribution in [2.75, 3.05) is 0 Å². The average molecular weight is 203 g/mol. The van der Waals surface area contributed by atoms with E-state index in [9.17, 15) is 4.39 Å². The van der Waals surface area contributed by atoms with Crippen molar-refractivity contribution in [3.63, 3.8) is 0 Å². The molecular weight excluding hydrogens is 192 g/mol. The fourth-order valence-corrected chi connectivity index (χ4v) is 0.902. The molecule has 2 nitrogen and oxygen atoms in total. The minimum atomic E-state index is -0.271. The summed E-state index contributed by atoms with van der Waals surface area (Å²) in [4.78, 5) is 3.78. The molecule has 1 heterocycles. The van der Waals surface area contributed by atoms with Crippen LogP contribution >= 0.6 is 0 Å². The Labute approximate surface area is 88.7 Å². The molecule has 0 aliphatic heterocycles. The predicted octanol–water partition coefficient (Wildman–Crippen LogP) is 0.876. The second kappa shape index (κ2) is 6.73. The number of pyridine rings is 1. The summed E-state index contributed by atoms with van der Waals surface area (Å²) in [6, 6.07) is 11.5. The van der Waals surface area contributed by atoms with E-state index in [1.807, 2.05) is 18.2 Å². The highest BCUT2D eigenvalue weighted by atomic mass is 19.1. The van der Waals surface area contributed by atoms with Crippen molar-refractivity contribution >= 4 is 12.9 Å². The van der Waals surface area contributed by atoms with Crippen molar-refractivity contribution in [3.8, 4) is 0 Å². The standard InChI is InChI=1S/C6H6BFO.C5H5N/c8-6-3-1-5(7-9)2-4-6;1-2-4-6-5-3-1/h1-4,7,9H;1-5H. The Kier molecular flexibility index (Phi) is 5.12. The zero-order valence-electron chi connectivity index (χ0n) is 8.18. The monoisotopic (exact) mass is 203 g/mol. The van der Waals surface area contributed by atoms with Crippen LogP contribution in [0.1, 0.15) is 0 Å². The van der Waals surface area contributed by atoms with E-state index in [0.717, 1.165) is 5.46 Å². The van der Waals surface area contributed by atoms with E-state index in [2.05, 4.69) is 4.98 Å². The molecule has 0 saturated carbocycles. The molecule has 0 aliphatic carbocycles. The SMILES string of the molecule is OBc1ccc(F)cc1.c1ccncc1. The summed E-state index contributed by atoms with van der Waals surface area (Å²) in [7, 11) is -0.0275. The predicted molar refractivity (Wildman–Crippen MR) is 59.6 cm³/mol. The molecule has 76 valence electrons. The second-order valence-corrected chi connectivity index (χ2v) is 2.81. The lowest BCUT2D eigenvalue weighted by Gasteiger charge is -1.90. The fourth-order valence-electron chi connectivity index (χ4n) is 0.902. The highest BCUT2D eigenvalue weighted by Gasteiger charge is 1.90. The van der Waals surface area contributed by atoms with Crippen LogP contribution in [0.2, 0.25) is 0 Å². The van der Waals surface area contributed by atoms with Gasteiger partial charge in [-0.2, -0.15) is 0 Å². The van der Waals surface area contributed by atoms with Gasteiger partial charge in [0, 0.05) is 12.4 Å². The third kappa shape index (κ3) is 4.93. The second-order valence-electron chi connectivity index (χ2n) is 2.81. The number of nitrogens with zero attached hydrogens (tertiary/aromatic N) is 1. The van der Waals surface area contributed by atoms with Crippen LogP contribution < -0.4 is 5.46 Å². The highest BCUT2D eigenvalue weighted by Crippen LogP contribution is 1.90. The smallest absolute Gasteiger partial charge is 0.304 e. The Morgan fingerprint density at radius 2 is 1.60 bits per heavy atom. The largest absolute Gasteiger partial charge is 0.449 e. The van der Waals surface area contributed by atoms with Crippen molar-refractivity contribution in [2.45, 2.75) is 0 Å². The molecular formula is C11H11BFNO. The van der Waals surface area contributed by atoms with Crippen LogP contribution in [0.4, 0.5) is 4.39 Å². The van der Waals surface area contributed by atoms with Gasteiger partial charge in [0.1, 0.15) is 5.82 Å². The number of aromatic nitrogens is 1. The van der Waals surface area contributed by atoms with Gasteiger partial charge in [0.15, 0.2) is 0 Å². The molecule has 1 aromatic heterocycles. The molecule has 0 amide bonds. The maximum atomic E-state index is 12.1. The van der Waals surface area contributed by atoms with E-state index in [1.165, 1.54) is 12.1 Å². The lowest BCUT2D eigenvalue weighted by molar-refractivity contribution is 0.614. The number of hydrogen-bond acceptors (Lipinski definition) is 2. The number of benzene rings is 1. The first-order valence-electron chi connectivity index (χ1n) is 4.53. The molecule has 0 aliphatic rings. The molecule has 0 radical (unpaired) electrons. The van der Waals surface area contributed by atoms with Crippen LogP contribution in [0.25, 0.3) is 0 Å². The van der Waals surface area contributed by atoms with Crippen LogP contribution in [-0.2, 0) is 0 Å². The third-order valence-corrected chi connectivity index (χ3v) is 1.66. The molecule has 2 aromatic rings. The summed E-state index contributed by atoms with van der Waals surface area (Å²) in [5.41, 5.74) is 0.733. The lowest BCUT2D eigenvalue weighted by atomic mass is 9.89. The summed E-state index contributed by atoms with van der Waals surface area (Å²) in [5, 5.41) is 8.51. The van der Waals surface area contributed by atoms with Gasteiger partial charge in [-0.25, -0.2) is 4.39 Å². The van der Waals surface area contributed by atoms with Gasteiger partial charge in [-0.1, -0.05) is 23.7 Å². The van der Waals surface area contributed by atoms with E-state index in [-0.39, 0.29) is 13.3 Å². The van der Waals surface area contributed by atoms with Crippen molar-refractivity contribution in [2.24, 2.45) is 0 Å². The minimum Gasteiger partial charge on any atom is -0.449 e. The van der Waals surface area contributed by atoms with Gasteiger partial charge < -0.3 is 5.02 Å². The molecule has 4 heteroatoms. The Balaban J connectivity index is 0.000000162. The van der Waals surface area contributed by atoms with Crippen LogP contribution in [0.15, 0.2) is 54.9 Å². The summed E-state index contributed by atoms with van der Waals surface area (Å²) in [6.45, 7) is 0.